The Kier molecular flexibility index (Phi) is 6.28. The number of carbonyl (C=O) groups is 1. The molecule has 2 aliphatic rings. The minimum Gasteiger partial charge on any atom is -0.481 e. The summed E-state index contributed by atoms with van der Waals surface area (Å²) in [6.45, 7) is 3.85. The van der Waals surface area contributed by atoms with Crippen molar-refractivity contribution in [3.63, 3.8) is 0 Å². The molecule has 0 unspecified atom stereocenters. The SMILES string of the molecule is Cc1cc(Nc2nccc(C3CC3)n2)cc(-c2ccc([C@@](C)(O)[C@H]3CC[C@H](C(=O)O)CC3)nc2)c1. The van der Waals surface area contributed by atoms with E-state index in [1.54, 1.807) is 13.1 Å². The number of nitrogens with one attached hydrogen (secondary N) is 1. The van der Waals surface area contributed by atoms with Crippen LogP contribution in [0.3, 0.4) is 0 Å². The first kappa shape index (κ1) is 23.4. The maximum Gasteiger partial charge on any atom is 0.306 e. The van der Waals surface area contributed by atoms with Gasteiger partial charge in [0.25, 0.3) is 0 Å². The molecule has 7 nitrogen and oxygen atoms in total. The first-order chi connectivity index (χ1) is 16.8. The Morgan fingerprint density at radius 2 is 1.77 bits per heavy atom. The van der Waals surface area contributed by atoms with Crippen molar-refractivity contribution in [1.82, 2.24) is 15.0 Å². The lowest BCUT2D eigenvalue weighted by molar-refractivity contribution is -0.144. The lowest BCUT2D eigenvalue weighted by atomic mass is 9.73. The van der Waals surface area contributed by atoms with Gasteiger partial charge in [0.05, 0.1) is 11.6 Å². The predicted octanol–water partition coefficient (Wildman–Crippen LogP) is 5.57. The molecule has 3 N–H and O–H groups in total. The van der Waals surface area contributed by atoms with E-state index in [4.69, 9.17) is 0 Å². The Labute approximate surface area is 205 Å². The Hall–Kier alpha value is -3.32. The summed E-state index contributed by atoms with van der Waals surface area (Å²) in [5.74, 6) is 0.134. The fourth-order valence-electron chi connectivity index (χ4n) is 5.17. The van der Waals surface area contributed by atoms with E-state index in [1.165, 1.54) is 12.8 Å². The lowest BCUT2D eigenvalue weighted by Crippen LogP contribution is -2.36. The molecule has 0 saturated heterocycles. The average molecular weight is 473 g/mol. The van der Waals surface area contributed by atoms with Crippen molar-refractivity contribution < 1.29 is 15.0 Å². The predicted molar refractivity (Wildman–Crippen MR) is 134 cm³/mol. The van der Waals surface area contributed by atoms with Crippen LogP contribution in [0, 0.1) is 18.8 Å². The molecule has 35 heavy (non-hydrogen) atoms. The zero-order valence-corrected chi connectivity index (χ0v) is 20.2. The van der Waals surface area contributed by atoms with E-state index in [1.807, 2.05) is 24.4 Å². The summed E-state index contributed by atoms with van der Waals surface area (Å²) in [6, 6.07) is 12.1. The molecule has 0 bridgehead atoms. The highest BCUT2D eigenvalue weighted by molar-refractivity contribution is 5.71. The third-order valence-corrected chi connectivity index (χ3v) is 7.49. The van der Waals surface area contributed by atoms with Crippen LogP contribution in [0.1, 0.15) is 68.3 Å². The number of hydrogen-bond donors (Lipinski definition) is 3. The molecule has 3 aromatic rings. The molecular formula is C28H32N4O3. The van der Waals surface area contributed by atoms with E-state index >= 15 is 0 Å². The summed E-state index contributed by atoms with van der Waals surface area (Å²) in [5, 5.41) is 23.9. The number of pyridine rings is 1. The van der Waals surface area contributed by atoms with Crippen LogP contribution in [0.15, 0.2) is 48.8 Å². The molecule has 2 fully saturated rings. The maximum atomic E-state index is 11.3. The van der Waals surface area contributed by atoms with Gasteiger partial charge in [-0.3, -0.25) is 9.78 Å². The molecule has 1 aromatic carbocycles. The molecule has 5 rings (SSSR count). The van der Waals surface area contributed by atoms with Gasteiger partial charge in [-0.15, -0.1) is 0 Å². The van der Waals surface area contributed by atoms with Gasteiger partial charge in [0.1, 0.15) is 5.60 Å². The number of nitrogens with zero attached hydrogens (tertiary/aromatic N) is 3. The van der Waals surface area contributed by atoms with E-state index in [0.717, 1.165) is 28.1 Å². The van der Waals surface area contributed by atoms with Crippen molar-refractivity contribution in [2.75, 3.05) is 5.32 Å². The Balaban J connectivity index is 1.32. The van der Waals surface area contributed by atoms with Crippen LogP contribution in [-0.4, -0.2) is 31.1 Å². The van der Waals surface area contributed by atoms with Gasteiger partial charge in [-0.05, 0) is 93.7 Å². The van der Waals surface area contributed by atoms with Gasteiger partial charge in [0.2, 0.25) is 5.95 Å². The normalized spacial score (nSPS) is 21.8. The largest absolute Gasteiger partial charge is 0.481 e. The number of anilines is 2. The Morgan fingerprint density at radius 3 is 2.43 bits per heavy atom. The van der Waals surface area contributed by atoms with E-state index in [0.29, 0.717) is 43.2 Å². The lowest BCUT2D eigenvalue weighted by Gasteiger charge is -2.36. The van der Waals surface area contributed by atoms with Gasteiger partial charge in [-0.1, -0.05) is 12.1 Å². The quantitative estimate of drug-likeness (QED) is 0.413. The van der Waals surface area contributed by atoms with Gasteiger partial charge >= 0.3 is 5.97 Å². The van der Waals surface area contributed by atoms with Crippen LogP contribution in [0.5, 0.6) is 0 Å². The van der Waals surface area contributed by atoms with Crippen LogP contribution in [0.2, 0.25) is 0 Å². The fraction of sp³-hybridized carbons (Fsp3) is 0.429. The van der Waals surface area contributed by atoms with Crippen molar-refractivity contribution in [1.29, 1.82) is 0 Å². The number of aliphatic carboxylic acids is 1. The minimum absolute atomic E-state index is 0.00220. The summed E-state index contributed by atoms with van der Waals surface area (Å²) in [7, 11) is 0. The Bertz CT molecular complexity index is 1210. The highest BCUT2D eigenvalue weighted by atomic mass is 16.4. The minimum atomic E-state index is -1.09. The number of aromatic nitrogens is 3. The number of aliphatic hydroxyl groups is 1. The van der Waals surface area contributed by atoms with Crippen LogP contribution in [-0.2, 0) is 10.4 Å². The van der Waals surface area contributed by atoms with Gasteiger partial charge in [0, 0.05) is 35.3 Å². The summed E-state index contributed by atoms with van der Waals surface area (Å²) >= 11 is 0. The number of benzene rings is 1. The smallest absolute Gasteiger partial charge is 0.306 e. The summed E-state index contributed by atoms with van der Waals surface area (Å²) < 4.78 is 0. The van der Waals surface area contributed by atoms with E-state index in [9.17, 15) is 15.0 Å². The highest BCUT2D eigenvalue weighted by Crippen LogP contribution is 2.41. The zero-order chi connectivity index (χ0) is 24.6. The van der Waals surface area contributed by atoms with Crippen molar-refractivity contribution in [3.05, 3.63) is 65.7 Å². The molecule has 182 valence electrons. The fourth-order valence-corrected chi connectivity index (χ4v) is 5.17. The van der Waals surface area contributed by atoms with Gasteiger partial charge < -0.3 is 15.5 Å². The van der Waals surface area contributed by atoms with E-state index in [2.05, 4.69) is 45.4 Å². The van der Waals surface area contributed by atoms with Gasteiger partial charge in [-0.25, -0.2) is 9.97 Å². The van der Waals surface area contributed by atoms with Crippen molar-refractivity contribution >= 4 is 17.6 Å². The molecule has 0 spiro atoms. The van der Waals surface area contributed by atoms with Crippen molar-refractivity contribution in [2.24, 2.45) is 11.8 Å². The molecule has 2 heterocycles. The molecule has 1 atom stereocenters. The first-order valence-corrected chi connectivity index (χ1v) is 12.4. The average Bonchev–Trinajstić information content (AvgIpc) is 3.70. The third kappa shape index (κ3) is 5.20. The van der Waals surface area contributed by atoms with Crippen molar-refractivity contribution in [2.45, 2.75) is 63.9 Å². The number of carboxylic acids is 1. The molecule has 0 aliphatic heterocycles. The highest BCUT2D eigenvalue weighted by Gasteiger charge is 2.38. The van der Waals surface area contributed by atoms with Crippen LogP contribution >= 0.6 is 0 Å². The number of hydrogen-bond acceptors (Lipinski definition) is 6. The summed E-state index contributed by atoms with van der Waals surface area (Å²) in [5.41, 5.74) is 4.62. The topological polar surface area (TPSA) is 108 Å². The second-order valence-corrected chi connectivity index (χ2v) is 10.3. The molecule has 7 heteroatoms. The standard InChI is InChI=1S/C28H32N4O3/c1-17-13-21(15-23(14-17)31-27-29-12-11-24(32-27)18-3-4-18)20-7-10-25(30-16-20)28(2,35)22-8-5-19(6-9-22)26(33)34/h7,10-16,18-19,22,35H,3-6,8-9H2,1-2H3,(H,33,34)(H,29,31,32)/t19-,22-,28-/m0/s1. The maximum absolute atomic E-state index is 11.3. The van der Waals surface area contributed by atoms with E-state index < -0.39 is 11.6 Å². The molecule has 2 aliphatic carbocycles. The van der Waals surface area contributed by atoms with Crippen LogP contribution < -0.4 is 5.32 Å². The number of aryl methyl sites for hydroxylation is 1. The van der Waals surface area contributed by atoms with Crippen LogP contribution in [0.25, 0.3) is 11.1 Å². The second-order valence-electron chi connectivity index (χ2n) is 10.3. The number of rotatable bonds is 7. The molecule has 2 saturated carbocycles. The Morgan fingerprint density at radius 1 is 1.00 bits per heavy atom. The molecule has 0 radical (unpaired) electrons. The summed E-state index contributed by atoms with van der Waals surface area (Å²) in [6.07, 6.45) is 8.57. The molecule has 0 amide bonds. The first-order valence-electron chi connectivity index (χ1n) is 12.4. The zero-order valence-electron chi connectivity index (χ0n) is 20.2. The van der Waals surface area contributed by atoms with Gasteiger partial charge in [-0.2, -0.15) is 0 Å². The molecule has 2 aromatic heterocycles. The van der Waals surface area contributed by atoms with Gasteiger partial charge in [0.15, 0.2) is 0 Å². The van der Waals surface area contributed by atoms with Crippen LogP contribution in [0.4, 0.5) is 11.6 Å². The molecular weight excluding hydrogens is 440 g/mol. The van der Waals surface area contributed by atoms with Crippen molar-refractivity contribution in [3.8, 4) is 11.1 Å². The third-order valence-electron chi connectivity index (χ3n) is 7.49. The monoisotopic (exact) mass is 472 g/mol. The van der Waals surface area contributed by atoms with E-state index in [-0.39, 0.29) is 11.8 Å². The number of carboxylic acid groups (broad SMARTS) is 1. The second kappa shape index (κ2) is 9.38. The summed E-state index contributed by atoms with van der Waals surface area (Å²) in [4.78, 5) is 24.9.